The summed E-state index contributed by atoms with van der Waals surface area (Å²) in [5, 5.41) is 2.90. The molecule has 0 spiro atoms. The normalized spacial score (nSPS) is 18.0. The SMILES string of the molecule is CC(C)c1ccc(NC(=O)[C@@H]2CCCN(S(=O)(=O)Cc3ccc(F)cc3)C2)cc1. The Bertz CT molecular complexity index is 941. The van der Waals surface area contributed by atoms with Crippen LogP contribution >= 0.6 is 0 Å². The third-order valence-electron chi connectivity index (χ3n) is 5.26. The minimum atomic E-state index is -3.57. The Hall–Kier alpha value is -2.25. The molecule has 7 heteroatoms. The van der Waals surface area contributed by atoms with Crippen LogP contribution in [0.1, 0.15) is 43.7 Å². The molecule has 1 heterocycles. The molecule has 0 aliphatic carbocycles. The van der Waals surface area contributed by atoms with Crippen LogP contribution in [0.4, 0.5) is 10.1 Å². The van der Waals surface area contributed by atoms with Crippen LogP contribution in [0, 0.1) is 11.7 Å². The number of amides is 1. The summed E-state index contributed by atoms with van der Waals surface area (Å²) < 4.78 is 40.0. The third kappa shape index (κ3) is 5.64. The summed E-state index contributed by atoms with van der Waals surface area (Å²) in [4.78, 5) is 12.7. The molecule has 0 saturated carbocycles. The van der Waals surface area contributed by atoms with Crippen molar-refractivity contribution in [2.24, 2.45) is 5.92 Å². The van der Waals surface area contributed by atoms with Crippen molar-refractivity contribution in [3.63, 3.8) is 0 Å². The van der Waals surface area contributed by atoms with Crippen LogP contribution in [0.15, 0.2) is 48.5 Å². The van der Waals surface area contributed by atoms with E-state index in [0.717, 1.165) is 0 Å². The number of sulfonamides is 1. The maximum absolute atomic E-state index is 13.1. The van der Waals surface area contributed by atoms with Crippen molar-refractivity contribution in [1.29, 1.82) is 0 Å². The zero-order chi connectivity index (χ0) is 21.0. The number of hydrogen-bond acceptors (Lipinski definition) is 3. The molecule has 1 amide bonds. The highest BCUT2D eigenvalue weighted by Gasteiger charge is 2.32. The maximum atomic E-state index is 13.1. The fraction of sp³-hybridized carbons (Fsp3) is 0.409. The molecule has 1 atom stereocenters. The van der Waals surface area contributed by atoms with Gasteiger partial charge in [0, 0.05) is 18.8 Å². The predicted octanol–water partition coefficient (Wildman–Crippen LogP) is 4.13. The highest BCUT2D eigenvalue weighted by atomic mass is 32.2. The average Bonchev–Trinajstić information content (AvgIpc) is 2.70. The van der Waals surface area contributed by atoms with Crippen LogP contribution in [0.5, 0.6) is 0 Å². The van der Waals surface area contributed by atoms with Gasteiger partial charge in [-0.1, -0.05) is 38.1 Å². The van der Waals surface area contributed by atoms with Gasteiger partial charge in [0.15, 0.2) is 0 Å². The summed E-state index contributed by atoms with van der Waals surface area (Å²) in [6, 6.07) is 13.2. The maximum Gasteiger partial charge on any atom is 0.228 e. The van der Waals surface area contributed by atoms with E-state index in [1.54, 1.807) is 0 Å². The summed E-state index contributed by atoms with van der Waals surface area (Å²) >= 11 is 0. The van der Waals surface area contributed by atoms with Gasteiger partial charge in [0.05, 0.1) is 11.7 Å². The second-order valence-electron chi connectivity index (χ2n) is 7.85. The summed E-state index contributed by atoms with van der Waals surface area (Å²) in [7, 11) is -3.57. The van der Waals surface area contributed by atoms with E-state index in [2.05, 4.69) is 19.2 Å². The van der Waals surface area contributed by atoms with Crippen molar-refractivity contribution in [1.82, 2.24) is 4.31 Å². The van der Waals surface area contributed by atoms with Crippen LogP contribution in [-0.2, 0) is 20.6 Å². The number of anilines is 1. The Kier molecular flexibility index (Phi) is 6.70. The summed E-state index contributed by atoms with van der Waals surface area (Å²) in [5.74, 6) is -0.737. The molecule has 1 N–H and O–H groups in total. The number of nitrogens with one attached hydrogen (secondary N) is 1. The first-order valence-corrected chi connectivity index (χ1v) is 11.5. The van der Waals surface area contributed by atoms with Gasteiger partial charge in [-0.05, 0) is 54.2 Å². The molecule has 156 valence electrons. The number of hydrogen-bond donors (Lipinski definition) is 1. The topological polar surface area (TPSA) is 66.5 Å². The molecule has 2 aromatic rings. The van der Waals surface area contributed by atoms with Crippen molar-refractivity contribution < 1.29 is 17.6 Å². The Morgan fingerprint density at radius 1 is 1.14 bits per heavy atom. The molecule has 5 nitrogen and oxygen atoms in total. The molecule has 0 unspecified atom stereocenters. The second-order valence-corrected chi connectivity index (χ2v) is 9.81. The van der Waals surface area contributed by atoms with E-state index in [1.165, 1.54) is 34.1 Å². The van der Waals surface area contributed by atoms with E-state index < -0.39 is 21.8 Å². The quantitative estimate of drug-likeness (QED) is 0.767. The fourth-order valence-electron chi connectivity index (χ4n) is 3.49. The van der Waals surface area contributed by atoms with Crippen molar-refractivity contribution in [2.45, 2.75) is 38.4 Å². The van der Waals surface area contributed by atoms with Gasteiger partial charge in [0.1, 0.15) is 5.82 Å². The van der Waals surface area contributed by atoms with Crippen LogP contribution in [0.2, 0.25) is 0 Å². The first-order valence-electron chi connectivity index (χ1n) is 9.87. The van der Waals surface area contributed by atoms with Crippen LogP contribution in [0.25, 0.3) is 0 Å². The predicted molar refractivity (Wildman–Crippen MR) is 112 cm³/mol. The number of carbonyl (C=O) groups is 1. The number of nitrogens with zero attached hydrogens (tertiary/aromatic N) is 1. The Labute approximate surface area is 172 Å². The number of rotatable bonds is 6. The molecule has 0 bridgehead atoms. The van der Waals surface area contributed by atoms with Crippen molar-refractivity contribution >= 4 is 21.6 Å². The first kappa shape index (κ1) is 21.5. The smallest absolute Gasteiger partial charge is 0.228 e. The van der Waals surface area contributed by atoms with E-state index in [-0.39, 0.29) is 18.2 Å². The van der Waals surface area contributed by atoms with Gasteiger partial charge >= 0.3 is 0 Å². The zero-order valence-electron chi connectivity index (χ0n) is 16.8. The van der Waals surface area contributed by atoms with Crippen LogP contribution < -0.4 is 5.32 Å². The van der Waals surface area contributed by atoms with E-state index in [1.807, 2.05) is 24.3 Å². The molecule has 2 aromatic carbocycles. The lowest BCUT2D eigenvalue weighted by molar-refractivity contribution is -0.120. The summed E-state index contributed by atoms with van der Waals surface area (Å²) in [5.41, 5.74) is 2.44. The van der Waals surface area contributed by atoms with E-state index in [0.29, 0.717) is 36.6 Å². The Balaban J connectivity index is 1.63. The standard InChI is InChI=1S/C22H27FN2O3S/c1-16(2)18-7-11-21(12-8-18)24-22(26)19-4-3-13-25(14-19)29(27,28)15-17-5-9-20(23)10-6-17/h5-12,16,19H,3-4,13-15H2,1-2H3,(H,24,26)/t19-/m1/s1. The van der Waals surface area contributed by atoms with Gasteiger partial charge in [0.2, 0.25) is 15.9 Å². The molecule has 1 fully saturated rings. The molecule has 1 aliphatic rings. The monoisotopic (exact) mass is 418 g/mol. The third-order valence-corrected chi connectivity index (χ3v) is 7.07. The van der Waals surface area contributed by atoms with Crippen LogP contribution in [0.3, 0.4) is 0 Å². The molecule has 29 heavy (non-hydrogen) atoms. The minimum Gasteiger partial charge on any atom is -0.326 e. The molecular weight excluding hydrogens is 391 g/mol. The van der Waals surface area contributed by atoms with Gasteiger partial charge in [-0.15, -0.1) is 0 Å². The Morgan fingerprint density at radius 2 is 1.79 bits per heavy atom. The van der Waals surface area contributed by atoms with Crippen LogP contribution in [-0.4, -0.2) is 31.7 Å². The molecule has 0 radical (unpaired) electrons. The molecule has 1 saturated heterocycles. The lowest BCUT2D eigenvalue weighted by atomic mass is 9.98. The number of piperidine rings is 1. The fourth-order valence-corrected chi connectivity index (χ4v) is 5.10. The van der Waals surface area contributed by atoms with Gasteiger partial charge in [-0.3, -0.25) is 4.79 Å². The van der Waals surface area contributed by atoms with E-state index in [4.69, 9.17) is 0 Å². The number of benzene rings is 2. The highest BCUT2D eigenvalue weighted by Crippen LogP contribution is 2.24. The highest BCUT2D eigenvalue weighted by molar-refractivity contribution is 7.88. The van der Waals surface area contributed by atoms with Crippen molar-refractivity contribution in [2.75, 3.05) is 18.4 Å². The zero-order valence-corrected chi connectivity index (χ0v) is 17.6. The van der Waals surface area contributed by atoms with Gasteiger partial charge in [-0.2, -0.15) is 0 Å². The Morgan fingerprint density at radius 3 is 2.41 bits per heavy atom. The average molecular weight is 419 g/mol. The minimum absolute atomic E-state index is 0.163. The molecule has 0 aromatic heterocycles. The van der Waals surface area contributed by atoms with E-state index >= 15 is 0 Å². The van der Waals surface area contributed by atoms with E-state index in [9.17, 15) is 17.6 Å². The molecular formula is C22H27FN2O3S. The first-order chi connectivity index (χ1) is 13.7. The molecule has 1 aliphatic heterocycles. The lowest BCUT2D eigenvalue weighted by Gasteiger charge is -2.31. The van der Waals surface area contributed by atoms with Gasteiger partial charge < -0.3 is 5.32 Å². The van der Waals surface area contributed by atoms with Gasteiger partial charge in [0.25, 0.3) is 0 Å². The number of carbonyl (C=O) groups excluding carboxylic acids is 1. The summed E-state index contributed by atoms with van der Waals surface area (Å²) in [6.07, 6.45) is 1.28. The molecule has 3 rings (SSSR count). The largest absolute Gasteiger partial charge is 0.326 e. The van der Waals surface area contributed by atoms with Gasteiger partial charge in [-0.25, -0.2) is 17.1 Å². The summed E-state index contributed by atoms with van der Waals surface area (Å²) in [6.45, 7) is 4.78. The van der Waals surface area contributed by atoms with Crippen molar-refractivity contribution in [3.05, 3.63) is 65.5 Å². The number of halogens is 1. The lowest BCUT2D eigenvalue weighted by Crippen LogP contribution is -2.44. The van der Waals surface area contributed by atoms with Crippen molar-refractivity contribution in [3.8, 4) is 0 Å². The second kappa shape index (κ2) is 9.05.